The molecule has 36 heavy (non-hydrogen) atoms. The molecule has 1 fully saturated rings. The maximum atomic E-state index is 4.97. The molecule has 1 saturated carbocycles. The second-order valence-electron chi connectivity index (χ2n) is 13.5. The zero-order valence-electron chi connectivity index (χ0n) is 25.0. The summed E-state index contributed by atoms with van der Waals surface area (Å²) in [5.41, 5.74) is 7.65. The molecule has 1 heteroatoms. The quantitative estimate of drug-likeness (QED) is 0.186. The molecule has 0 bridgehead atoms. The van der Waals surface area contributed by atoms with E-state index < -0.39 is 0 Å². The maximum Gasteiger partial charge on any atom is 0.0659 e. The molecule has 0 N–H and O–H groups in total. The van der Waals surface area contributed by atoms with Gasteiger partial charge in [-0.2, -0.15) is 0 Å². The van der Waals surface area contributed by atoms with E-state index in [-0.39, 0.29) is 10.8 Å². The van der Waals surface area contributed by atoms with Crippen LogP contribution >= 0.6 is 0 Å². The second kappa shape index (κ2) is 12.3. The first-order valence-electron chi connectivity index (χ1n) is 15.1. The van der Waals surface area contributed by atoms with Gasteiger partial charge in [0.05, 0.1) is 5.70 Å². The summed E-state index contributed by atoms with van der Waals surface area (Å²) in [6.45, 7) is 18.9. The van der Waals surface area contributed by atoms with Gasteiger partial charge in [0.15, 0.2) is 0 Å². The van der Waals surface area contributed by atoms with Crippen LogP contribution in [0.25, 0.3) is 5.70 Å². The van der Waals surface area contributed by atoms with E-state index in [0.29, 0.717) is 5.41 Å². The summed E-state index contributed by atoms with van der Waals surface area (Å²) in [6.07, 6.45) is 22.9. The van der Waals surface area contributed by atoms with Crippen molar-refractivity contribution < 1.29 is 0 Å². The smallest absolute Gasteiger partial charge is 0.0659 e. The van der Waals surface area contributed by atoms with Crippen LogP contribution in [-0.4, -0.2) is 6.21 Å². The highest BCUT2D eigenvalue weighted by Crippen LogP contribution is 2.46. The third kappa shape index (κ3) is 7.02. The number of benzene rings is 1. The molecule has 2 aliphatic rings. The average molecular weight is 490 g/mol. The van der Waals surface area contributed by atoms with Crippen molar-refractivity contribution in [2.45, 2.75) is 143 Å². The first kappa shape index (κ1) is 28.9. The lowest BCUT2D eigenvalue weighted by molar-refractivity contribution is 0.330. The van der Waals surface area contributed by atoms with Gasteiger partial charge in [0.25, 0.3) is 0 Å². The van der Waals surface area contributed by atoms with E-state index in [1.54, 1.807) is 0 Å². The van der Waals surface area contributed by atoms with Gasteiger partial charge in [-0.3, -0.25) is 4.99 Å². The molecule has 0 aromatic heterocycles. The Bertz CT molecular complexity index is 957. The SMILES string of the molecule is C/C=C(/N=C/C=C(\C)C1(C)CCCC(CCCCCC)CC1)c1ccc2c(c1)C(C)(C)CCC2(C)C. The number of hydrogen-bond donors (Lipinski definition) is 0. The Hall–Kier alpha value is -1.63. The minimum Gasteiger partial charge on any atom is -0.257 e. The number of unbranched alkanes of at least 4 members (excludes halogenated alkanes) is 3. The number of fused-ring (bicyclic) bond motifs is 1. The van der Waals surface area contributed by atoms with Crippen LogP contribution in [0.2, 0.25) is 0 Å². The van der Waals surface area contributed by atoms with E-state index >= 15 is 0 Å². The Kier molecular flexibility index (Phi) is 9.87. The zero-order valence-corrected chi connectivity index (χ0v) is 25.0. The van der Waals surface area contributed by atoms with E-state index in [0.717, 1.165) is 11.6 Å². The molecule has 0 radical (unpaired) electrons. The molecule has 1 nitrogen and oxygen atoms in total. The first-order valence-corrected chi connectivity index (χ1v) is 15.1. The van der Waals surface area contributed by atoms with Crippen molar-refractivity contribution in [3.05, 3.63) is 52.6 Å². The van der Waals surface area contributed by atoms with Crippen LogP contribution in [0.5, 0.6) is 0 Å². The van der Waals surface area contributed by atoms with Gasteiger partial charge in [0.2, 0.25) is 0 Å². The second-order valence-corrected chi connectivity index (χ2v) is 13.5. The van der Waals surface area contributed by atoms with Gasteiger partial charge < -0.3 is 0 Å². The summed E-state index contributed by atoms with van der Waals surface area (Å²) >= 11 is 0. The third-order valence-electron chi connectivity index (χ3n) is 9.82. The van der Waals surface area contributed by atoms with Crippen LogP contribution in [0, 0.1) is 11.3 Å². The Morgan fingerprint density at radius 1 is 0.917 bits per heavy atom. The van der Waals surface area contributed by atoms with Gasteiger partial charge in [-0.05, 0) is 91.4 Å². The summed E-state index contributed by atoms with van der Waals surface area (Å²) in [5, 5.41) is 0. The van der Waals surface area contributed by atoms with Gasteiger partial charge in [0, 0.05) is 11.8 Å². The lowest BCUT2D eigenvalue weighted by atomic mass is 9.63. The van der Waals surface area contributed by atoms with Crippen molar-refractivity contribution >= 4 is 11.9 Å². The molecule has 0 aliphatic heterocycles. The molecule has 0 spiro atoms. The van der Waals surface area contributed by atoms with E-state index in [2.05, 4.69) is 92.0 Å². The lowest BCUT2D eigenvalue weighted by Gasteiger charge is -2.42. The highest BCUT2D eigenvalue weighted by atomic mass is 14.7. The highest BCUT2D eigenvalue weighted by Gasteiger charge is 2.37. The van der Waals surface area contributed by atoms with Gasteiger partial charge in [-0.15, -0.1) is 0 Å². The molecule has 0 heterocycles. The normalized spacial score (nSPS) is 26.6. The summed E-state index contributed by atoms with van der Waals surface area (Å²) in [6, 6.07) is 7.09. The Morgan fingerprint density at radius 2 is 1.64 bits per heavy atom. The molecular weight excluding hydrogens is 434 g/mol. The molecule has 200 valence electrons. The fourth-order valence-electron chi connectivity index (χ4n) is 6.61. The Morgan fingerprint density at radius 3 is 2.33 bits per heavy atom. The van der Waals surface area contributed by atoms with Gasteiger partial charge >= 0.3 is 0 Å². The molecule has 2 aliphatic carbocycles. The predicted octanol–water partition coefficient (Wildman–Crippen LogP) is 11.0. The number of allylic oxidation sites excluding steroid dienone is 3. The van der Waals surface area contributed by atoms with Gasteiger partial charge in [0.1, 0.15) is 0 Å². The molecule has 3 rings (SSSR count). The van der Waals surface area contributed by atoms with E-state index in [9.17, 15) is 0 Å². The third-order valence-corrected chi connectivity index (χ3v) is 9.82. The minimum absolute atomic E-state index is 0.224. The highest BCUT2D eigenvalue weighted by molar-refractivity contribution is 5.81. The Labute approximate surface area is 224 Å². The van der Waals surface area contributed by atoms with E-state index in [1.165, 1.54) is 99.3 Å². The molecule has 0 saturated heterocycles. The van der Waals surface area contributed by atoms with Gasteiger partial charge in [-0.25, -0.2) is 0 Å². The molecule has 0 amide bonds. The summed E-state index contributed by atoms with van der Waals surface area (Å²) in [4.78, 5) is 4.97. The fraction of sp³-hybridized carbons (Fsp3) is 0.686. The van der Waals surface area contributed by atoms with E-state index in [1.807, 2.05) is 0 Å². The maximum absolute atomic E-state index is 4.97. The topological polar surface area (TPSA) is 12.4 Å². The molecule has 1 aromatic carbocycles. The molecular formula is C35H55N. The van der Waals surface area contributed by atoms with Crippen LogP contribution in [0.4, 0.5) is 0 Å². The Balaban J connectivity index is 1.69. The minimum atomic E-state index is 0.224. The van der Waals surface area contributed by atoms with Crippen molar-refractivity contribution in [2.75, 3.05) is 0 Å². The summed E-state index contributed by atoms with van der Waals surface area (Å²) in [7, 11) is 0. The molecule has 1 aromatic rings. The van der Waals surface area contributed by atoms with Crippen molar-refractivity contribution in [1.82, 2.24) is 0 Å². The first-order chi connectivity index (χ1) is 17.0. The zero-order chi connectivity index (χ0) is 26.4. The van der Waals surface area contributed by atoms with Crippen molar-refractivity contribution in [1.29, 1.82) is 0 Å². The van der Waals surface area contributed by atoms with Crippen LogP contribution in [0.1, 0.15) is 149 Å². The van der Waals surface area contributed by atoms with E-state index in [4.69, 9.17) is 4.99 Å². The lowest BCUT2D eigenvalue weighted by Crippen LogP contribution is -2.33. The van der Waals surface area contributed by atoms with Crippen LogP contribution in [0.3, 0.4) is 0 Å². The predicted molar refractivity (Wildman–Crippen MR) is 161 cm³/mol. The largest absolute Gasteiger partial charge is 0.257 e. The standard InChI is InChI=1S/C35H55N/c1-9-11-12-13-15-28-16-14-21-35(8,22-19-28)27(3)20-25-36-32(10-2)29-17-18-30-31(26-29)34(6,7)24-23-33(30,4)5/h10,17-18,20,25-26,28H,9,11-16,19,21-24H2,1-8H3/b27-20+,32-10+,36-25+. The monoisotopic (exact) mass is 489 g/mol. The summed E-state index contributed by atoms with van der Waals surface area (Å²) < 4.78 is 0. The number of hydrogen-bond acceptors (Lipinski definition) is 1. The van der Waals surface area contributed by atoms with Crippen LogP contribution < -0.4 is 0 Å². The molecule has 2 unspecified atom stereocenters. The van der Waals surface area contributed by atoms with Gasteiger partial charge in [-0.1, -0.05) is 110 Å². The van der Waals surface area contributed by atoms with Crippen LogP contribution in [-0.2, 0) is 10.8 Å². The number of nitrogens with zero attached hydrogens (tertiary/aromatic N) is 1. The van der Waals surface area contributed by atoms with Crippen molar-refractivity contribution in [3.8, 4) is 0 Å². The van der Waals surface area contributed by atoms with Crippen LogP contribution in [0.15, 0.2) is 40.9 Å². The molecule has 2 atom stereocenters. The average Bonchev–Trinajstić information content (AvgIpc) is 3.04. The summed E-state index contributed by atoms with van der Waals surface area (Å²) in [5.74, 6) is 0.943. The number of aliphatic imine (C=N–C) groups is 1. The number of rotatable bonds is 9. The van der Waals surface area contributed by atoms with Crippen molar-refractivity contribution in [3.63, 3.8) is 0 Å². The van der Waals surface area contributed by atoms with Crippen molar-refractivity contribution in [2.24, 2.45) is 16.3 Å². The fourth-order valence-corrected chi connectivity index (χ4v) is 6.61.